The monoisotopic (exact) mass is 492 g/mol. The first kappa shape index (κ1) is 23.7. The molecule has 2 atom stereocenters. The number of carbonyl (C=O) groups is 2. The molecule has 0 N–H and O–H groups in total. The van der Waals surface area contributed by atoms with E-state index in [0.29, 0.717) is 23.6 Å². The van der Waals surface area contributed by atoms with Gasteiger partial charge < -0.3 is 0 Å². The van der Waals surface area contributed by atoms with Crippen molar-refractivity contribution in [1.29, 1.82) is 0 Å². The number of carbonyl (C=O) groups excluding carboxylic acids is 2. The maximum atomic E-state index is 12.7. The van der Waals surface area contributed by atoms with Crippen LogP contribution in [0.5, 0.6) is 0 Å². The van der Waals surface area contributed by atoms with Crippen molar-refractivity contribution in [2.75, 3.05) is 19.6 Å². The Kier molecular flexibility index (Phi) is 6.66. The van der Waals surface area contributed by atoms with Gasteiger partial charge in [-0.3, -0.25) is 29.4 Å². The van der Waals surface area contributed by atoms with Crippen molar-refractivity contribution in [3.8, 4) is 0 Å². The number of rotatable bonds is 7. The highest BCUT2D eigenvalue weighted by Crippen LogP contribution is 2.35. The third kappa shape index (κ3) is 4.74. The van der Waals surface area contributed by atoms with E-state index in [4.69, 9.17) is 4.98 Å². The van der Waals surface area contributed by atoms with E-state index in [9.17, 15) is 9.59 Å². The van der Waals surface area contributed by atoms with Gasteiger partial charge in [-0.2, -0.15) is 0 Å². The molecular formula is C31H32N4O2. The lowest BCUT2D eigenvalue weighted by atomic mass is 9.85. The summed E-state index contributed by atoms with van der Waals surface area (Å²) in [6.45, 7) is 2.03. The molecule has 0 radical (unpaired) electrons. The van der Waals surface area contributed by atoms with Crippen LogP contribution in [0.25, 0.3) is 0 Å². The molecule has 6 heteroatoms. The molecule has 6 rings (SSSR count). The predicted octanol–water partition coefficient (Wildman–Crippen LogP) is 4.81. The lowest BCUT2D eigenvalue weighted by molar-refractivity contribution is 0.0671. The van der Waals surface area contributed by atoms with Crippen molar-refractivity contribution < 1.29 is 9.59 Å². The zero-order valence-electron chi connectivity index (χ0n) is 21.1. The summed E-state index contributed by atoms with van der Waals surface area (Å²) in [4.78, 5) is 38.8. The minimum atomic E-state index is -0.208. The highest BCUT2D eigenvalue weighted by Gasteiger charge is 2.34. The van der Waals surface area contributed by atoms with Crippen molar-refractivity contribution in [1.82, 2.24) is 19.8 Å². The van der Waals surface area contributed by atoms with Crippen LogP contribution in [0.1, 0.15) is 68.5 Å². The molecule has 3 heterocycles. The average molecular weight is 493 g/mol. The van der Waals surface area contributed by atoms with E-state index in [2.05, 4.69) is 28.1 Å². The minimum Gasteiger partial charge on any atom is -0.291 e. The van der Waals surface area contributed by atoms with Crippen LogP contribution in [0.2, 0.25) is 0 Å². The standard InChI is InChI=1S/C31H32N4O2/c36-30-25-11-1-2-12-26(25)31(37)35(30)19-4-3-18-34(28-13-5-8-24-10-7-17-33-29(24)28)21-22-14-15-23-9-6-16-32-27(23)20-22/h1-4,6-7,9-12,16-17,22,28H,5,8,13-15,18-21H2/b4-3+/t22?,28-/m0/s1. The maximum absolute atomic E-state index is 12.7. The van der Waals surface area contributed by atoms with Crippen LogP contribution in [0.4, 0.5) is 0 Å². The Balaban J connectivity index is 1.18. The van der Waals surface area contributed by atoms with E-state index in [1.807, 2.05) is 30.6 Å². The van der Waals surface area contributed by atoms with Crippen LogP contribution < -0.4 is 0 Å². The highest BCUT2D eigenvalue weighted by molar-refractivity contribution is 6.21. The van der Waals surface area contributed by atoms with E-state index >= 15 is 0 Å². The molecule has 0 bridgehead atoms. The largest absolute Gasteiger partial charge is 0.291 e. The van der Waals surface area contributed by atoms with Gasteiger partial charge in [-0.25, -0.2) is 0 Å². The first-order valence-corrected chi connectivity index (χ1v) is 13.4. The number of aryl methyl sites for hydroxylation is 2. The Bertz CT molecular complexity index is 1320. The molecule has 1 unspecified atom stereocenters. The first-order valence-electron chi connectivity index (χ1n) is 13.4. The molecule has 1 aliphatic heterocycles. The zero-order chi connectivity index (χ0) is 25.2. The van der Waals surface area contributed by atoms with Crippen molar-refractivity contribution in [3.05, 3.63) is 107 Å². The van der Waals surface area contributed by atoms with Crippen LogP contribution in [-0.4, -0.2) is 51.2 Å². The van der Waals surface area contributed by atoms with Gasteiger partial charge in [0.25, 0.3) is 11.8 Å². The lowest BCUT2D eigenvalue weighted by Crippen LogP contribution is -2.37. The summed E-state index contributed by atoms with van der Waals surface area (Å²) in [6.07, 6.45) is 14.5. The van der Waals surface area contributed by atoms with Crippen LogP contribution in [0.15, 0.2) is 73.1 Å². The number of hydrogen-bond acceptors (Lipinski definition) is 5. The molecular weight excluding hydrogens is 460 g/mol. The van der Waals surface area contributed by atoms with Gasteiger partial charge in [0.05, 0.1) is 22.9 Å². The van der Waals surface area contributed by atoms with Crippen LogP contribution in [-0.2, 0) is 19.3 Å². The first-order chi connectivity index (χ1) is 18.2. The van der Waals surface area contributed by atoms with Crippen molar-refractivity contribution in [3.63, 3.8) is 0 Å². The third-order valence-corrected chi connectivity index (χ3v) is 8.06. The number of hydrogen-bond donors (Lipinski definition) is 0. The SMILES string of the molecule is O=C1c2ccccc2C(=O)N1C/C=C/CN(CC1CCc2cccnc2C1)[C@H]1CCCc2cccnc21. The Morgan fingerprint density at radius 2 is 1.62 bits per heavy atom. The summed E-state index contributed by atoms with van der Waals surface area (Å²) in [5, 5.41) is 0. The van der Waals surface area contributed by atoms with Gasteiger partial charge in [-0.15, -0.1) is 0 Å². The quantitative estimate of drug-likeness (QED) is 0.350. The van der Waals surface area contributed by atoms with Crippen molar-refractivity contribution >= 4 is 11.8 Å². The molecule has 188 valence electrons. The van der Waals surface area contributed by atoms with E-state index in [1.54, 1.807) is 24.3 Å². The molecule has 0 fully saturated rings. The Morgan fingerprint density at radius 3 is 2.43 bits per heavy atom. The zero-order valence-corrected chi connectivity index (χ0v) is 21.1. The summed E-state index contributed by atoms with van der Waals surface area (Å²) in [5.41, 5.74) is 6.18. The van der Waals surface area contributed by atoms with E-state index in [-0.39, 0.29) is 17.9 Å². The molecule has 2 amide bonds. The van der Waals surface area contributed by atoms with Gasteiger partial charge in [0.1, 0.15) is 0 Å². The van der Waals surface area contributed by atoms with Crippen molar-refractivity contribution in [2.45, 2.75) is 44.6 Å². The molecule has 2 aromatic heterocycles. The minimum absolute atomic E-state index is 0.208. The van der Waals surface area contributed by atoms with Gasteiger partial charge in [0, 0.05) is 37.7 Å². The van der Waals surface area contributed by atoms with Crippen LogP contribution in [0.3, 0.4) is 0 Å². The number of benzene rings is 1. The van der Waals surface area contributed by atoms with Gasteiger partial charge in [0.15, 0.2) is 0 Å². The predicted molar refractivity (Wildman–Crippen MR) is 142 cm³/mol. The van der Waals surface area contributed by atoms with E-state index < -0.39 is 0 Å². The number of amides is 2. The molecule has 3 aliphatic rings. The molecule has 2 aliphatic carbocycles. The van der Waals surface area contributed by atoms with E-state index in [1.165, 1.54) is 27.4 Å². The number of fused-ring (bicyclic) bond motifs is 3. The fourth-order valence-electron chi connectivity index (χ4n) is 6.17. The van der Waals surface area contributed by atoms with Gasteiger partial charge in [0.2, 0.25) is 0 Å². The second-order valence-corrected chi connectivity index (χ2v) is 10.4. The Hall–Kier alpha value is -3.64. The maximum Gasteiger partial charge on any atom is 0.261 e. The number of aromatic nitrogens is 2. The van der Waals surface area contributed by atoms with Gasteiger partial charge >= 0.3 is 0 Å². The van der Waals surface area contributed by atoms with Gasteiger partial charge in [-0.1, -0.05) is 36.4 Å². The second kappa shape index (κ2) is 10.4. The molecule has 0 spiro atoms. The topological polar surface area (TPSA) is 66.4 Å². The number of pyridine rings is 2. The molecule has 0 saturated carbocycles. The molecule has 37 heavy (non-hydrogen) atoms. The summed E-state index contributed by atoms with van der Waals surface area (Å²) < 4.78 is 0. The van der Waals surface area contributed by atoms with Crippen molar-refractivity contribution in [2.24, 2.45) is 5.92 Å². The third-order valence-electron chi connectivity index (χ3n) is 8.06. The lowest BCUT2D eigenvalue weighted by Gasteiger charge is -2.37. The summed E-state index contributed by atoms with van der Waals surface area (Å²) >= 11 is 0. The summed E-state index contributed by atoms with van der Waals surface area (Å²) in [7, 11) is 0. The summed E-state index contributed by atoms with van der Waals surface area (Å²) in [5.74, 6) is 0.128. The molecule has 0 saturated heterocycles. The normalized spacial score (nSPS) is 20.8. The molecule has 6 nitrogen and oxygen atoms in total. The second-order valence-electron chi connectivity index (χ2n) is 10.4. The van der Waals surface area contributed by atoms with Crippen LogP contribution >= 0.6 is 0 Å². The average Bonchev–Trinajstić information content (AvgIpc) is 3.19. The Labute approximate surface area is 218 Å². The fraction of sp³-hybridized carbons (Fsp3) is 0.355. The van der Waals surface area contributed by atoms with Crippen LogP contribution in [0, 0.1) is 5.92 Å². The highest BCUT2D eigenvalue weighted by atomic mass is 16.2. The number of nitrogens with zero attached hydrogens (tertiary/aromatic N) is 4. The van der Waals surface area contributed by atoms with Gasteiger partial charge in [-0.05, 0) is 79.8 Å². The molecule has 3 aromatic rings. The van der Waals surface area contributed by atoms with E-state index in [0.717, 1.165) is 51.6 Å². The smallest absolute Gasteiger partial charge is 0.261 e. The Morgan fingerprint density at radius 1 is 0.865 bits per heavy atom. The summed E-state index contributed by atoms with van der Waals surface area (Å²) in [6, 6.07) is 15.8. The fourth-order valence-corrected chi connectivity index (χ4v) is 6.17. The number of imide groups is 1. The molecule has 1 aromatic carbocycles.